The van der Waals surface area contributed by atoms with E-state index in [2.05, 4.69) is 15.3 Å². The lowest BCUT2D eigenvalue weighted by Crippen LogP contribution is -2.35. The molecule has 9 nitrogen and oxygen atoms in total. The first-order chi connectivity index (χ1) is 12.9. The third-order valence-corrected chi connectivity index (χ3v) is 5.17. The molecule has 0 bridgehead atoms. The normalized spacial score (nSPS) is 19.9. The summed E-state index contributed by atoms with van der Waals surface area (Å²) in [4.78, 5) is 8.27. The highest BCUT2D eigenvalue weighted by atomic mass is 32.2. The minimum Gasteiger partial charge on any atom is -0.471 e. The molecule has 1 aromatic carbocycles. The van der Waals surface area contributed by atoms with Crippen molar-refractivity contribution in [3.05, 3.63) is 36.0 Å². The molecule has 0 radical (unpaired) electrons. The molecule has 2 aromatic rings. The molecule has 0 spiro atoms. The van der Waals surface area contributed by atoms with E-state index in [1.165, 1.54) is 30.5 Å². The molecular formula is C17H19N5O4S. The number of nitrogens with zero attached hydrogens (tertiary/aromatic N) is 3. The summed E-state index contributed by atoms with van der Waals surface area (Å²) in [7, 11) is -3.77. The lowest BCUT2D eigenvalue weighted by Gasteiger charge is -2.27. The number of aliphatic hydroxyl groups excluding tert-OH is 1. The minimum atomic E-state index is -3.77. The Hall–Kier alpha value is -2.74. The second kappa shape index (κ2) is 7.87. The third-order valence-electron chi connectivity index (χ3n) is 4.24. The van der Waals surface area contributed by atoms with Gasteiger partial charge in [-0.15, -0.1) is 0 Å². The van der Waals surface area contributed by atoms with Crippen molar-refractivity contribution in [2.75, 3.05) is 5.32 Å². The monoisotopic (exact) mass is 389 g/mol. The third kappa shape index (κ3) is 4.71. The first-order valence-electron chi connectivity index (χ1n) is 8.38. The molecule has 1 aliphatic rings. The van der Waals surface area contributed by atoms with Gasteiger partial charge in [-0.2, -0.15) is 10.2 Å². The number of ether oxygens (including phenoxy) is 1. The van der Waals surface area contributed by atoms with Gasteiger partial charge in [0.1, 0.15) is 17.7 Å². The van der Waals surface area contributed by atoms with Gasteiger partial charge in [-0.05, 0) is 43.5 Å². The van der Waals surface area contributed by atoms with Crippen molar-refractivity contribution in [3.63, 3.8) is 0 Å². The van der Waals surface area contributed by atoms with Crippen molar-refractivity contribution in [1.29, 1.82) is 5.26 Å². The molecule has 3 rings (SSSR count). The SMILES string of the molecule is N#Cc1cnc(Nc2ccc(S(N)(=O)=O)cc2)nc1O[C@H]1CCCC[C@H]1O. The average Bonchev–Trinajstić information content (AvgIpc) is 2.64. The van der Waals surface area contributed by atoms with E-state index in [0.29, 0.717) is 18.5 Å². The summed E-state index contributed by atoms with van der Waals surface area (Å²) in [5, 5.41) is 27.3. The van der Waals surface area contributed by atoms with Crippen LogP contribution >= 0.6 is 0 Å². The van der Waals surface area contributed by atoms with Gasteiger partial charge >= 0.3 is 0 Å². The van der Waals surface area contributed by atoms with E-state index >= 15 is 0 Å². The fourth-order valence-electron chi connectivity index (χ4n) is 2.81. The van der Waals surface area contributed by atoms with Crippen molar-refractivity contribution >= 4 is 21.7 Å². The predicted octanol–water partition coefficient (Wildman–Crippen LogP) is 1.42. The molecule has 1 saturated carbocycles. The summed E-state index contributed by atoms with van der Waals surface area (Å²) in [5.74, 6) is 0.278. The van der Waals surface area contributed by atoms with Crippen LogP contribution in [0.3, 0.4) is 0 Å². The second-order valence-electron chi connectivity index (χ2n) is 6.23. The van der Waals surface area contributed by atoms with E-state index in [4.69, 9.17) is 9.88 Å². The summed E-state index contributed by atoms with van der Waals surface area (Å²) in [5.41, 5.74) is 0.707. The molecule has 1 heterocycles. The van der Waals surface area contributed by atoms with E-state index in [1.54, 1.807) is 0 Å². The largest absolute Gasteiger partial charge is 0.471 e. The van der Waals surface area contributed by atoms with Crippen LogP contribution in [0, 0.1) is 11.3 Å². The Balaban J connectivity index is 1.79. The van der Waals surface area contributed by atoms with Crippen LogP contribution < -0.4 is 15.2 Å². The number of nitrogens with two attached hydrogens (primary N) is 1. The Bertz CT molecular complexity index is 956. The van der Waals surface area contributed by atoms with Crippen LogP contribution in [0.1, 0.15) is 31.2 Å². The number of aliphatic hydroxyl groups is 1. The highest BCUT2D eigenvalue weighted by Crippen LogP contribution is 2.26. The molecule has 4 N–H and O–H groups in total. The summed E-state index contributed by atoms with van der Waals surface area (Å²) >= 11 is 0. The maximum absolute atomic E-state index is 11.3. The fraction of sp³-hybridized carbons (Fsp3) is 0.353. The van der Waals surface area contributed by atoms with Crippen LogP contribution in [0.2, 0.25) is 0 Å². The zero-order valence-electron chi connectivity index (χ0n) is 14.4. The topological polar surface area (TPSA) is 151 Å². The quantitative estimate of drug-likeness (QED) is 0.694. The van der Waals surface area contributed by atoms with Crippen LogP contribution in [0.25, 0.3) is 0 Å². The molecule has 27 heavy (non-hydrogen) atoms. The molecule has 0 amide bonds. The van der Waals surface area contributed by atoms with Crippen LogP contribution in [0.15, 0.2) is 35.4 Å². The maximum atomic E-state index is 11.3. The summed E-state index contributed by atoms with van der Waals surface area (Å²) < 4.78 is 28.4. The number of benzene rings is 1. The molecule has 0 saturated heterocycles. The van der Waals surface area contributed by atoms with Gasteiger partial charge in [-0.3, -0.25) is 0 Å². The first-order valence-corrected chi connectivity index (χ1v) is 9.93. The van der Waals surface area contributed by atoms with Gasteiger partial charge in [0.15, 0.2) is 0 Å². The number of sulfonamides is 1. The highest BCUT2D eigenvalue weighted by Gasteiger charge is 2.26. The molecule has 1 fully saturated rings. The van der Waals surface area contributed by atoms with Gasteiger partial charge in [-0.25, -0.2) is 18.5 Å². The number of hydrogen-bond donors (Lipinski definition) is 3. The summed E-state index contributed by atoms with van der Waals surface area (Å²) in [6.07, 6.45) is 3.55. The second-order valence-corrected chi connectivity index (χ2v) is 7.79. The Morgan fingerprint density at radius 3 is 2.59 bits per heavy atom. The number of primary sulfonamides is 1. The zero-order chi connectivity index (χ0) is 19.4. The number of rotatable bonds is 5. The van der Waals surface area contributed by atoms with E-state index in [-0.39, 0.29) is 22.3 Å². The lowest BCUT2D eigenvalue weighted by atomic mass is 9.95. The number of hydrogen-bond acceptors (Lipinski definition) is 8. The number of anilines is 2. The van der Waals surface area contributed by atoms with Gasteiger partial charge in [0.2, 0.25) is 21.9 Å². The van der Waals surface area contributed by atoms with E-state index in [1.807, 2.05) is 6.07 Å². The fourth-order valence-corrected chi connectivity index (χ4v) is 3.32. The van der Waals surface area contributed by atoms with Gasteiger partial charge in [0, 0.05) is 5.69 Å². The van der Waals surface area contributed by atoms with Crippen molar-refractivity contribution < 1.29 is 18.3 Å². The Morgan fingerprint density at radius 2 is 1.96 bits per heavy atom. The zero-order valence-corrected chi connectivity index (χ0v) is 15.2. The Morgan fingerprint density at radius 1 is 1.26 bits per heavy atom. The van der Waals surface area contributed by atoms with Crippen molar-refractivity contribution in [1.82, 2.24) is 9.97 Å². The summed E-state index contributed by atoms with van der Waals surface area (Å²) in [6.45, 7) is 0. The van der Waals surface area contributed by atoms with Gasteiger partial charge < -0.3 is 15.2 Å². The van der Waals surface area contributed by atoms with Crippen LogP contribution in [-0.4, -0.2) is 35.7 Å². The minimum absolute atomic E-state index is 0.0101. The van der Waals surface area contributed by atoms with Crippen LogP contribution in [0.5, 0.6) is 5.88 Å². The van der Waals surface area contributed by atoms with Crippen molar-refractivity contribution in [2.24, 2.45) is 5.14 Å². The van der Waals surface area contributed by atoms with Gasteiger partial charge in [0.25, 0.3) is 0 Å². The standard InChI is InChI=1S/C17H19N5O4S/c18-9-11-10-20-17(21-12-5-7-13(8-6-12)27(19,24)25)22-16(11)26-15-4-2-1-3-14(15)23/h5-8,10,14-15,23H,1-4H2,(H2,19,24,25)(H,20,21,22)/t14-,15+/m1/s1. The molecule has 0 aliphatic heterocycles. The van der Waals surface area contributed by atoms with E-state index < -0.39 is 22.2 Å². The Labute approximate surface area is 156 Å². The molecule has 0 unspecified atom stereocenters. The van der Waals surface area contributed by atoms with Gasteiger partial charge in [0.05, 0.1) is 17.2 Å². The predicted molar refractivity (Wildman–Crippen MR) is 96.7 cm³/mol. The van der Waals surface area contributed by atoms with Gasteiger partial charge in [-0.1, -0.05) is 6.42 Å². The smallest absolute Gasteiger partial charge is 0.238 e. The molecule has 2 atom stereocenters. The highest BCUT2D eigenvalue weighted by molar-refractivity contribution is 7.89. The van der Waals surface area contributed by atoms with Crippen molar-refractivity contribution in [3.8, 4) is 11.9 Å². The van der Waals surface area contributed by atoms with E-state index in [9.17, 15) is 18.8 Å². The average molecular weight is 389 g/mol. The van der Waals surface area contributed by atoms with E-state index in [0.717, 1.165) is 12.8 Å². The Kier molecular flexibility index (Phi) is 5.55. The summed E-state index contributed by atoms with van der Waals surface area (Å²) in [6, 6.07) is 7.73. The first kappa shape index (κ1) is 19.0. The van der Waals surface area contributed by atoms with Crippen molar-refractivity contribution in [2.45, 2.75) is 42.8 Å². The van der Waals surface area contributed by atoms with Crippen LogP contribution in [0.4, 0.5) is 11.6 Å². The lowest BCUT2D eigenvalue weighted by molar-refractivity contribution is 0.00436. The molecule has 1 aliphatic carbocycles. The number of nitriles is 1. The molecule has 10 heteroatoms. The molecule has 142 valence electrons. The number of aromatic nitrogens is 2. The maximum Gasteiger partial charge on any atom is 0.238 e. The van der Waals surface area contributed by atoms with Crippen LogP contribution in [-0.2, 0) is 10.0 Å². The molecular weight excluding hydrogens is 370 g/mol. The number of nitrogens with one attached hydrogen (secondary N) is 1. The molecule has 1 aromatic heterocycles.